The van der Waals surface area contributed by atoms with E-state index < -0.39 is 0 Å². The van der Waals surface area contributed by atoms with Crippen molar-refractivity contribution < 1.29 is 4.74 Å². The van der Waals surface area contributed by atoms with Crippen LogP contribution in [0.1, 0.15) is 31.2 Å². The summed E-state index contributed by atoms with van der Waals surface area (Å²) in [6.07, 6.45) is 5.53. The first kappa shape index (κ1) is 12.9. The third-order valence-corrected chi connectivity index (χ3v) is 4.12. The van der Waals surface area contributed by atoms with Gasteiger partial charge in [0.1, 0.15) is 0 Å². The quantitative estimate of drug-likeness (QED) is 0.881. The van der Waals surface area contributed by atoms with Gasteiger partial charge in [0.05, 0.1) is 6.10 Å². The third kappa shape index (κ3) is 3.71. The molecule has 1 aromatic carbocycles. The second-order valence-corrected chi connectivity index (χ2v) is 5.70. The molecular weight excluding hydrogens is 236 g/mol. The van der Waals surface area contributed by atoms with Crippen LogP contribution in [0.5, 0.6) is 0 Å². The molecule has 3 heteroatoms. The predicted octanol–water partition coefficient (Wildman–Crippen LogP) is 2.87. The Morgan fingerprint density at radius 2 is 1.89 bits per heavy atom. The fourth-order valence-electron chi connectivity index (χ4n) is 2.96. The Kier molecular flexibility index (Phi) is 4.36. The molecule has 2 aliphatic rings. The summed E-state index contributed by atoms with van der Waals surface area (Å²) in [5.74, 6) is 0. The second-order valence-electron chi connectivity index (χ2n) is 5.70. The van der Waals surface area contributed by atoms with E-state index in [1.807, 2.05) is 0 Å². The molecule has 2 fully saturated rings. The van der Waals surface area contributed by atoms with Crippen LogP contribution >= 0.6 is 0 Å². The summed E-state index contributed by atoms with van der Waals surface area (Å²) in [7, 11) is 0. The zero-order valence-electron chi connectivity index (χ0n) is 11.6. The van der Waals surface area contributed by atoms with Crippen LogP contribution in [0.3, 0.4) is 0 Å². The molecule has 3 nitrogen and oxygen atoms in total. The molecule has 0 aromatic heterocycles. The smallest absolute Gasteiger partial charge is 0.0748 e. The topological polar surface area (TPSA) is 24.5 Å². The van der Waals surface area contributed by atoms with Gasteiger partial charge in [0.25, 0.3) is 0 Å². The summed E-state index contributed by atoms with van der Waals surface area (Å²) in [6, 6.07) is 8.88. The van der Waals surface area contributed by atoms with E-state index in [2.05, 4.69) is 34.5 Å². The second kappa shape index (κ2) is 6.40. The van der Waals surface area contributed by atoms with Crippen LogP contribution in [-0.4, -0.2) is 37.2 Å². The number of nitrogens with one attached hydrogen (secondary N) is 1. The maximum atomic E-state index is 5.62. The van der Waals surface area contributed by atoms with E-state index >= 15 is 0 Å². The molecule has 19 heavy (non-hydrogen) atoms. The molecule has 1 unspecified atom stereocenters. The number of ether oxygens (including phenoxy) is 1. The Bertz CT molecular complexity index is 378. The minimum absolute atomic E-state index is 0.407. The molecule has 0 saturated carbocycles. The molecule has 1 atom stereocenters. The maximum absolute atomic E-state index is 5.62. The molecule has 0 aliphatic carbocycles. The van der Waals surface area contributed by atoms with Gasteiger partial charge in [0.15, 0.2) is 0 Å². The molecular formula is C16H24N2O. The molecule has 3 rings (SSSR count). The Hall–Kier alpha value is -1.06. The monoisotopic (exact) mass is 260 g/mol. The minimum Gasteiger partial charge on any atom is -0.382 e. The lowest BCUT2D eigenvalue weighted by Crippen LogP contribution is -2.19. The predicted molar refractivity (Wildman–Crippen MR) is 78.4 cm³/mol. The van der Waals surface area contributed by atoms with Crippen molar-refractivity contribution in [2.24, 2.45) is 0 Å². The van der Waals surface area contributed by atoms with Crippen LogP contribution < -0.4 is 5.32 Å². The molecule has 0 amide bonds. The summed E-state index contributed by atoms with van der Waals surface area (Å²) in [5, 5.41) is 3.47. The van der Waals surface area contributed by atoms with Gasteiger partial charge in [0.2, 0.25) is 0 Å². The summed E-state index contributed by atoms with van der Waals surface area (Å²) in [6.45, 7) is 5.50. The summed E-state index contributed by atoms with van der Waals surface area (Å²) in [4.78, 5) is 2.54. The molecule has 0 spiro atoms. The largest absolute Gasteiger partial charge is 0.382 e. The number of benzene rings is 1. The van der Waals surface area contributed by atoms with Crippen molar-refractivity contribution in [2.45, 2.75) is 38.3 Å². The van der Waals surface area contributed by atoms with Gasteiger partial charge < -0.3 is 10.1 Å². The number of rotatable bonds is 5. The number of anilines is 1. The third-order valence-electron chi connectivity index (χ3n) is 4.12. The Morgan fingerprint density at radius 3 is 2.58 bits per heavy atom. The van der Waals surface area contributed by atoms with Crippen molar-refractivity contribution in [1.29, 1.82) is 0 Å². The molecule has 2 heterocycles. The highest BCUT2D eigenvalue weighted by molar-refractivity contribution is 5.44. The lowest BCUT2D eigenvalue weighted by Gasteiger charge is -2.15. The van der Waals surface area contributed by atoms with Gasteiger partial charge in [-0.3, -0.25) is 4.90 Å². The molecule has 2 saturated heterocycles. The van der Waals surface area contributed by atoms with E-state index in [1.54, 1.807) is 0 Å². The molecule has 0 radical (unpaired) electrons. The van der Waals surface area contributed by atoms with Crippen LogP contribution in [0.4, 0.5) is 5.69 Å². The van der Waals surface area contributed by atoms with Crippen molar-refractivity contribution in [3.05, 3.63) is 29.8 Å². The van der Waals surface area contributed by atoms with Crippen molar-refractivity contribution in [2.75, 3.05) is 31.6 Å². The first-order chi connectivity index (χ1) is 9.40. The van der Waals surface area contributed by atoms with Crippen LogP contribution in [0, 0.1) is 0 Å². The fraction of sp³-hybridized carbons (Fsp3) is 0.625. The van der Waals surface area contributed by atoms with Crippen LogP contribution in [0.15, 0.2) is 24.3 Å². The van der Waals surface area contributed by atoms with Gasteiger partial charge in [-0.25, -0.2) is 0 Å². The van der Waals surface area contributed by atoms with Crippen LogP contribution in [-0.2, 0) is 11.3 Å². The van der Waals surface area contributed by atoms with Gasteiger partial charge in [-0.1, -0.05) is 12.1 Å². The number of likely N-dealkylation sites (tertiary alicyclic amines) is 1. The zero-order valence-corrected chi connectivity index (χ0v) is 11.6. The van der Waals surface area contributed by atoms with Gasteiger partial charge >= 0.3 is 0 Å². The van der Waals surface area contributed by atoms with Gasteiger partial charge in [0, 0.05) is 25.4 Å². The summed E-state index contributed by atoms with van der Waals surface area (Å²) >= 11 is 0. The first-order valence-corrected chi connectivity index (χ1v) is 7.57. The van der Waals surface area contributed by atoms with Crippen molar-refractivity contribution in [1.82, 2.24) is 4.90 Å². The standard InChI is InChI=1S/C16H24N2O/c1-2-10-18(9-1)13-14-5-7-15(8-6-14)17-12-16-4-3-11-19-16/h5-8,16-17H,1-4,9-13H2. The van der Waals surface area contributed by atoms with E-state index in [4.69, 9.17) is 4.74 Å². The zero-order chi connectivity index (χ0) is 12.9. The Labute approximate surface area is 115 Å². The molecule has 1 aromatic rings. The average Bonchev–Trinajstić information content (AvgIpc) is 3.11. The van der Waals surface area contributed by atoms with Crippen LogP contribution in [0.25, 0.3) is 0 Å². The highest BCUT2D eigenvalue weighted by atomic mass is 16.5. The highest BCUT2D eigenvalue weighted by Crippen LogP contribution is 2.17. The normalized spacial score (nSPS) is 23.9. The average molecular weight is 260 g/mol. The van der Waals surface area contributed by atoms with Crippen LogP contribution in [0.2, 0.25) is 0 Å². The molecule has 0 bridgehead atoms. The van der Waals surface area contributed by atoms with E-state index in [-0.39, 0.29) is 0 Å². The molecule has 2 aliphatic heterocycles. The Balaban J connectivity index is 1.47. The van der Waals surface area contributed by atoms with Gasteiger partial charge in [-0.2, -0.15) is 0 Å². The number of nitrogens with zero attached hydrogens (tertiary/aromatic N) is 1. The van der Waals surface area contributed by atoms with E-state index in [0.29, 0.717) is 6.10 Å². The van der Waals surface area contributed by atoms with Gasteiger partial charge in [-0.05, 0) is 56.5 Å². The fourth-order valence-corrected chi connectivity index (χ4v) is 2.96. The lowest BCUT2D eigenvalue weighted by atomic mass is 10.2. The SMILES string of the molecule is c1cc(NCC2CCCO2)ccc1CN1CCCC1. The summed E-state index contributed by atoms with van der Waals surface area (Å²) in [5.41, 5.74) is 2.63. The molecule has 104 valence electrons. The van der Waals surface area contributed by atoms with E-state index in [0.717, 1.165) is 19.7 Å². The molecule has 1 N–H and O–H groups in total. The van der Waals surface area contributed by atoms with E-state index in [1.165, 1.54) is 50.0 Å². The van der Waals surface area contributed by atoms with Crippen molar-refractivity contribution in [3.63, 3.8) is 0 Å². The maximum Gasteiger partial charge on any atom is 0.0748 e. The van der Waals surface area contributed by atoms with Crippen molar-refractivity contribution >= 4 is 5.69 Å². The first-order valence-electron chi connectivity index (χ1n) is 7.57. The Morgan fingerprint density at radius 1 is 1.11 bits per heavy atom. The highest BCUT2D eigenvalue weighted by Gasteiger charge is 2.15. The minimum atomic E-state index is 0.407. The lowest BCUT2D eigenvalue weighted by molar-refractivity contribution is 0.120. The number of hydrogen-bond donors (Lipinski definition) is 1. The summed E-state index contributed by atoms with van der Waals surface area (Å²) < 4.78 is 5.62. The van der Waals surface area contributed by atoms with Gasteiger partial charge in [-0.15, -0.1) is 0 Å². The van der Waals surface area contributed by atoms with E-state index in [9.17, 15) is 0 Å². The number of hydrogen-bond acceptors (Lipinski definition) is 3. The van der Waals surface area contributed by atoms with Crippen molar-refractivity contribution in [3.8, 4) is 0 Å².